The second-order valence-corrected chi connectivity index (χ2v) is 5.40. The molecule has 27 heavy (non-hydrogen) atoms. The summed E-state index contributed by atoms with van der Waals surface area (Å²) in [6, 6.07) is 7.99. The molecule has 1 heterocycles. The first-order chi connectivity index (χ1) is 12.7. The molecular weight excluding hydrogens is 369 g/mol. The normalized spacial score (nSPS) is 13.5. The van der Waals surface area contributed by atoms with Crippen LogP contribution in [0.5, 0.6) is 0 Å². The predicted molar refractivity (Wildman–Crippen MR) is 85.4 cm³/mol. The number of carbonyl (C=O) groups is 2. The quantitative estimate of drug-likeness (QED) is 0.706. The average Bonchev–Trinajstić information content (AvgIpc) is 2.64. The number of aliphatic hydroxyl groups is 1. The van der Waals surface area contributed by atoms with Crippen molar-refractivity contribution in [3.8, 4) is 0 Å². The van der Waals surface area contributed by atoms with Crippen LogP contribution in [0.15, 0.2) is 48.7 Å². The van der Waals surface area contributed by atoms with Crippen LogP contribution in [0.1, 0.15) is 22.9 Å². The molecule has 1 aromatic heterocycles. The summed E-state index contributed by atoms with van der Waals surface area (Å²) in [5.41, 5.74) is -1.60. The number of rotatable bonds is 6. The number of halogens is 3. The van der Waals surface area contributed by atoms with Crippen molar-refractivity contribution in [3.05, 3.63) is 65.5 Å². The molecule has 2 atom stereocenters. The topological polar surface area (TPSA) is 109 Å². The Morgan fingerprint density at radius 3 is 2.41 bits per heavy atom. The zero-order valence-electron chi connectivity index (χ0n) is 13.7. The lowest BCUT2D eigenvalue weighted by Gasteiger charge is -2.22. The van der Waals surface area contributed by atoms with E-state index >= 15 is 0 Å². The Balaban J connectivity index is 2.13. The number of carboxylic acid groups (broad SMARTS) is 1. The molecule has 0 spiro atoms. The number of hydrogen-bond donors (Lipinski definition) is 3. The van der Waals surface area contributed by atoms with Gasteiger partial charge in [-0.1, -0.05) is 30.3 Å². The van der Waals surface area contributed by atoms with E-state index in [1.54, 1.807) is 30.3 Å². The number of pyridine rings is 1. The Labute approximate surface area is 151 Å². The van der Waals surface area contributed by atoms with Gasteiger partial charge in [0.05, 0.1) is 11.3 Å². The fourth-order valence-electron chi connectivity index (χ4n) is 2.22. The third-order valence-corrected chi connectivity index (χ3v) is 3.49. The molecule has 1 aromatic carbocycles. The zero-order chi connectivity index (χ0) is 20.0. The van der Waals surface area contributed by atoms with Crippen molar-refractivity contribution in [1.29, 1.82) is 0 Å². The maximum atomic E-state index is 13.0. The third-order valence-electron chi connectivity index (χ3n) is 3.49. The number of alkyl halides is 3. The summed E-state index contributed by atoms with van der Waals surface area (Å²) in [6.07, 6.45) is -7.35. The summed E-state index contributed by atoms with van der Waals surface area (Å²) in [6.45, 7) is -0.188. The Morgan fingerprint density at radius 2 is 1.81 bits per heavy atom. The van der Waals surface area contributed by atoms with Gasteiger partial charge in [-0.25, -0.2) is 9.59 Å². The van der Waals surface area contributed by atoms with Crippen molar-refractivity contribution in [2.24, 2.45) is 0 Å². The van der Waals surface area contributed by atoms with E-state index < -0.39 is 41.6 Å². The molecule has 144 valence electrons. The number of benzene rings is 1. The van der Waals surface area contributed by atoms with Crippen molar-refractivity contribution in [2.75, 3.05) is 0 Å². The molecule has 0 aliphatic carbocycles. The Morgan fingerprint density at radius 1 is 1.15 bits per heavy atom. The minimum atomic E-state index is -4.86. The molecule has 0 bridgehead atoms. The van der Waals surface area contributed by atoms with Crippen LogP contribution in [-0.2, 0) is 22.3 Å². The van der Waals surface area contributed by atoms with Crippen molar-refractivity contribution in [3.63, 3.8) is 0 Å². The van der Waals surface area contributed by atoms with Gasteiger partial charge >= 0.3 is 18.2 Å². The Bertz CT molecular complexity index is 799. The third kappa shape index (κ3) is 5.42. The van der Waals surface area contributed by atoms with Gasteiger partial charge in [-0.2, -0.15) is 13.2 Å². The number of nitrogens with one attached hydrogen (secondary N) is 1. The van der Waals surface area contributed by atoms with Crippen LogP contribution < -0.4 is 5.32 Å². The highest BCUT2D eigenvalue weighted by Gasteiger charge is 2.40. The molecule has 2 aromatic rings. The van der Waals surface area contributed by atoms with Gasteiger partial charge in [-0.05, 0) is 17.7 Å². The molecule has 0 aliphatic rings. The van der Waals surface area contributed by atoms with Gasteiger partial charge in [0.2, 0.25) is 0 Å². The maximum absolute atomic E-state index is 13.0. The van der Waals surface area contributed by atoms with E-state index in [0.717, 1.165) is 12.3 Å². The summed E-state index contributed by atoms with van der Waals surface area (Å²) in [4.78, 5) is 26.6. The number of amides is 1. The molecule has 10 heteroatoms. The first kappa shape index (κ1) is 20.2. The number of carbonyl (C=O) groups excluding carboxylic acids is 1. The molecule has 0 saturated heterocycles. The molecule has 0 saturated carbocycles. The van der Waals surface area contributed by atoms with E-state index in [1.807, 2.05) is 5.32 Å². The van der Waals surface area contributed by atoms with Gasteiger partial charge in [-0.15, -0.1) is 0 Å². The van der Waals surface area contributed by atoms with Crippen LogP contribution in [0.25, 0.3) is 0 Å². The predicted octanol–water partition coefficient (Wildman–Crippen LogP) is 2.51. The van der Waals surface area contributed by atoms with Gasteiger partial charge in [0.25, 0.3) is 0 Å². The minimum absolute atomic E-state index is 0.188. The van der Waals surface area contributed by atoms with Crippen LogP contribution >= 0.6 is 0 Å². The molecular formula is C17H15F3N2O5. The monoisotopic (exact) mass is 384 g/mol. The molecule has 2 rings (SSSR count). The first-order valence-corrected chi connectivity index (χ1v) is 7.60. The largest absolute Gasteiger partial charge is 0.480 e. The fourth-order valence-corrected chi connectivity index (χ4v) is 2.22. The lowest BCUT2D eigenvalue weighted by Crippen LogP contribution is -2.45. The average molecular weight is 384 g/mol. The first-order valence-electron chi connectivity index (χ1n) is 7.60. The number of hydrogen-bond acceptors (Lipinski definition) is 5. The second-order valence-electron chi connectivity index (χ2n) is 5.40. The summed E-state index contributed by atoms with van der Waals surface area (Å²) in [5, 5.41) is 21.2. The summed E-state index contributed by atoms with van der Waals surface area (Å²) in [7, 11) is 0. The number of carboxylic acids is 1. The minimum Gasteiger partial charge on any atom is -0.480 e. The number of aliphatic carboxylic acids is 1. The number of aliphatic hydroxyl groups excluding tert-OH is 1. The zero-order valence-corrected chi connectivity index (χ0v) is 13.7. The van der Waals surface area contributed by atoms with Crippen molar-refractivity contribution >= 4 is 12.1 Å². The smallest absolute Gasteiger partial charge is 0.418 e. The van der Waals surface area contributed by atoms with Crippen molar-refractivity contribution in [2.45, 2.75) is 24.9 Å². The van der Waals surface area contributed by atoms with Crippen LogP contribution in [0, 0.1) is 0 Å². The molecule has 0 unspecified atom stereocenters. The molecule has 0 radical (unpaired) electrons. The summed E-state index contributed by atoms with van der Waals surface area (Å²) >= 11 is 0. The van der Waals surface area contributed by atoms with Crippen molar-refractivity contribution in [1.82, 2.24) is 10.3 Å². The maximum Gasteiger partial charge on any atom is 0.418 e. The Kier molecular flexibility index (Phi) is 6.35. The molecule has 1 amide bonds. The van der Waals surface area contributed by atoms with E-state index in [0.29, 0.717) is 11.6 Å². The van der Waals surface area contributed by atoms with Gasteiger partial charge in [-0.3, -0.25) is 4.98 Å². The van der Waals surface area contributed by atoms with Gasteiger partial charge in [0.15, 0.2) is 6.04 Å². The van der Waals surface area contributed by atoms with E-state index in [4.69, 9.17) is 4.74 Å². The number of ether oxygens (including phenoxy) is 1. The lowest BCUT2D eigenvalue weighted by molar-refractivity contribution is -0.145. The van der Waals surface area contributed by atoms with E-state index in [1.165, 1.54) is 0 Å². The van der Waals surface area contributed by atoms with Crippen LogP contribution in [-0.4, -0.2) is 33.3 Å². The fraction of sp³-hybridized carbons (Fsp3) is 0.235. The van der Waals surface area contributed by atoms with E-state index in [2.05, 4.69) is 4.98 Å². The highest BCUT2D eigenvalue weighted by atomic mass is 19.4. The van der Waals surface area contributed by atoms with Crippen LogP contribution in [0.4, 0.5) is 18.0 Å². The van der Waals surface area contributed by atoms with Gasteiger partial charge < -0.3 is 20.3 Å². The SMILES string of the molecule is O=C(N[C@@H](C(=O)O)[C@H](O)c1ncccc1C(F)(F)F)OCc1ccccc1. The van der Waals surface area contributed by atoms with Crippen LogP contribution in [0.3, 0.4) is 0 Å². The number of nitrogens with zero attached hydrogens (tertiary/aromatic N) is 1. The lowest BCUT2D eigenvalue weighted by atomic mass is 10.0. The Hall–Kier alpha value is -3.14. The second kappa shape index (κ2) is 8.49. The number of alkyl carbamates (subject to hydrolysis) is 1. The van der Waals surface area contributed by atoms with Gasteiger partial charge in [0.1, 0.15) is 12.7 Å². The van der Waals surface area contributed by atoms with Gasteiger partial charge in [0, 0.05) is 6.20 Å². The highest BCUT2D eigenvalue weighted by Crippen LogP contribution is 2.34. The number of aromatic nitrogens is 1. The molecule has 7 nitrogen and oxygen atoms in total. The summed E-state index contributed by atoms with van der Waals surface area (Å²) in [5.74, 6) is -1.75. The van der Waals surface area contributed by atoms with E-state index in [9.17, 15) is 33.0 Å². The van der Waals surface area contributed by atoms with Crippen LogP contribution in [0.2, 0.25) is 0 Å². The van der Waals surface area contributed by atoms with E-state index in [-0.39, 0.29) is 6.61 Å². The highest BCUT2D eigenvalue weighted by molar-refractivity contribution is 5.80. The molecule has 0 aliphatic heterocycles. The van der Waals surface area contributed by atoms with Crippen molar-refractivity contribution < 1.29 is 37.7 Å². The molecule has 0 fully saturated rings. The summed E-state index contributed by atoms with van der Waals surface area (Å²) < 4.78 is 43.9. The molecule has 3 N–H and O–H groups in total. The standard InChI is InChI=1S/C17H15F3N2O5/c18-17(19,20)11-7-4-8-21-12(11)14(23)13(15(24)25)22-16(26)27-9-10-5-2-1-3-6-10/h1-8,13-14,23H,9H2,(H,22,26)(H,24,25)/t13-,14-/m1/s1.